The third-order valence-electron chi connectivity index (χ3n) is 1.54. The van der Waals surface area contributed by atoms with Crippen molar-refractivity contribution in [2.45, 2.75) is 0 Å². The molecule has 6 heteroatoms. The number of hydrogen-bond acceptors (Lipinski definition) is 4. The Bertz CT molecular complexity index is 418. The summed E-state index contributed by atoms with van der Waals surface area (Å²) in [5.41, 5.74) is 6.62. The number of hydrogen-bond donors (Lipinski definition) is 1. The van der Waals surface area contributed by atoms with Gasteiger partial charge >= 0.3 is 6.21 Å². The summed E-state index contributed by atoms with van der Waals surface area (Å²) in [6.07, 6.45) is 0.834. The number of non-ortho nitro benzene ring substituents is 1. The Hall–Kier alpha value is -2.33. The predicted molar refractivity (Wildman–Crippen MR) is 46.5 cm³/mol. The van der Waals surface area contributed by atoms with Gasteiger partial charge in [0.05, 0.1) is 15.2 Å². The second-order valence-corrected chi connectivity index (χ2v) is 2.43. The molecule has 70 valence electrons. The molecule has 0 radical (unpaired) electrons. The molecule has 0 aliphatic carbocycles. The first-order valence-electron chi connectivity index (χ1n) is 3.63. The Kier molecular flexibility index (Phi) is 2.83. The van der Waals surface area contributed by atoms with Crippen molar-refractivity contribution >= 4 is 17.7 Å². The van der Waals surface area contributed by atoms with Crippen LogP contribution in [0.3, 0.4) is 0 Å². The molecule has 0 saturated carbocycles. The molecule has 1 aromatic carbocycles. The molecule has 0 aliphatic heterocycles. The van der Waals surface area contributed by atoms with Gasteiger partial charge in [-0.15, -0.1) is 0 Å². The molecule has 6 nitrogen and oxygen atoms in total. The SMILES string of the molecule is N=[N+]=CC(=O)c1ccc([N+](=O)[O-])cc1. The molecular formula is C8H6N3O3+. The molecular weight excluding hydrogens is 186 g/mol. The zero-order chi connectivity index (χ0) is 10.6. The van der Waals surface area contributed by atoms with E-state index < -0.39 is 10.7 Å². The third-order valence-corrected chi connectivity index (χ3v) is 1.54. The van der Waals surface area contributed by atoms with Crippen molar-refractivity contribution in [2.75, 3.05) is 0 Å². The number of nitro benzene ring substituents is 1. The van der Waals surface area contributed by atoms with E-state index in [1.165, 1.54) is 24.3 Å². The van der Waals surface area contributed by atoms with Gasteiger partial charge in [-0.05, 0) is 12.1 Å². The predicted octanol–water partition coefficient (Wildman–Crippen LogP) is 1.09. The summed E-state index contributed by atoms with van der Waals surface area (Å²) in [5, 5.41) is 10.3. The van der Waals surface area contributed by atoms with Gasteiger partial charge in [-0.2, -0.15) is 0 Å². The highest BCUT2D eigenvalue weighted by atomic mass is 16.6. The molecule has 1 aromatic rings. The van der Waals surface area contributed by atoms with E-state index >= 15 is 0 Å². The van der Waals surface area contributed by atoms with Crippen LogP contribution in [0.2, 0.25) is 0 Å². The topological polar surface area (TPSA) is 98.2 Å². The molecule has 0 unspecified atom stereocenters. The Morgan fingerprint density at radius 3 is 2.43 bits per heavy atom. The molecule has 1 rings (SSSR count). The second-order valence-electron chi connectivity index (χ2n) is 2.43. The number of carbonyl (C=O) groups is 1. The van der Waals surface area contributed by atoms with Gasteiger partial charge in [0, 0.05) is 17.7 Å². The molecule has 0 heterocycles. The molecule has 0 amide bonds. The lowest BCUT2D eigenvalue weighted by Gasteiger charge is -1.91. The maximum absolute atomic E-state index is 11.1. The Labute approximate surface area is 78.6 Å². The van der Waals surface area contributed by atoms with Gasteiger partial charge < -0.3 is 0 Å². The monoisotopic (exact) mass is 192 g/mol. The van der Waals surface area contributed by atoms with Crippen LogP contribution in [-0.2, 0) is 0 Å². The third kappa shape index (κ3) is 2.09. The van der Waals surface area contributed by atoms with Crippen LogP contribution < -0.4 is 0 Å². The number of ketones is 1. The number of nitro groups is 1. The van der Waals surface area contributed by atoms with Gasteiger partial charge in [0.2, 0.25) is 0 Å². The van der Waals surface area contributed by atoms with Crippen LogP contribution in [0, 0.1) is 15.6 Å². The van der Waals surface area contributed by atoms with Crippen LogP contribution in [0.5, 0.6) is 0 Å². The summed E-state index contributed by atoms with van der Waals surface area (Å²) in [4.78, 5) is 23.6. The van der Waals surface area contributed by atoms with Crippen LogP contribution in [0.15, 0.2) is 24.3 Å². The first-order chi connectivity index (χ1) is 6.65. The van der Waals surface area contributed by atoms with Crippen LogP contribution in [0.1, 0.15) is 10.4 Å². The van der Waals surface area contributed by atoms with Crippen molar-refractivity contribution in [1.29, 1.82) is 5.53 Å². The first kappa shape index (κ1) is 9.76. The molecule has 0 aromatic heterocycles. The summed E-state index contributed by atoms with van der Waals surface area (Å²) in [5.74, 6) is -0.449. The lowest BCUT2D eigenvalue weighted by molar-refractivity contribution is -0.384. The molecule has 14 heavy (non-hydrogen) atoms. The van der Waals surface area contributed by atoms with E-state index in [0.717, 1.165) is 6.21 Å². The fourth-order valence-corrected chi connectivity index (χ4v) is 0.881. The average Bonchev–Trinajstić information content (AvgIpc) is 2.18. The molecule has 0 bridgehead atoms. The van der Waals surface area contributed by atoms with E-state index in [2.05, 4.69) is 4.79 Å². The molecule has 0 saturated heterocycles. The highest BCUT2D eigenvalue weighted by Gasteiger charge is 2.10. The van der Waals surface area contributed by atoms with Crippen LogP contribution >= 0.6 is 0 Å². The van der Waals surface area contributed by atoms with Crippen molar-refractivity contribution < 1.29 is 14.5 Å². The quantitative estimate of drug-likeness (QED) is 0.194. The second kappa shape index (κ2) is 4.06. The van der Waals surface area contributed by atoms with E-state index in [1.54, 1.807) is 0 Å². The average molecular weight is 192 g/mol. The van der Waals surface area contributed by atoms with Gasteiger partial charge in [0.15, 0.2) is 0 Å². The summed E-state index contributed by atoms with van der Waals surface area (Å²) in [6, 6.07) is 5.10. The van der Waals surface area contributed by atoms with Gasteiger partial charge in [0.1, 0.15) is 0 Å². The van der Waals surface area contributed by atoms with E-state index in [0.29, 0.717) is 0 Å². The molecule has 0 fully saturated rings. The van der Waals surface area contributed by atoms with Crippen molar-refractivity contribution in [1.82, 2.24) is 0 Å². The van der Waals surface area contributed by atoms with Crippen molar-refractivity contribution in [3.8, 4) is 0 Å². The molecule has 0 spiro atoms. The van der Waals surface area contributed by atoms with E-state index in [1.807, 2.05) is 0 Å². The zero-order valence-electron chi connectivity index (χ0n) is 7.01. The number of nitrogens with one attached hydrogen (secondary N) is 1. The minimum atomic E-state index is -0.549. The Balaban J connectivity index is 2.99. The fourth-order valence-electron chi connectivity index (χ4n) is 0.881. The zero-order valence-corrected chi connectivity index (χ0v) is 7.01. The Morgan fingerprint density at radius 2 is 2.00 bits per heavy atom. The fraction of sp³-hybridized carbons (Fsp3) is 0. The van der Waals surface area contributed by atoms with Crippen molar-refractivity contribution in [2.24, 2.45) is 0 Å². The van der Waals surface area contributed by atoms with Crippen LogP contribution in [-0.4, -0.2) is 21.7 Å². The number of benzene rings is 1. The summed E-state index contributed by atoms with van der Waals surface area (Å²) >= 11 is 0. The molecule has 1 N–H and O–H groups in total. The van der Waals surface area contributed by atoms with E-state index in [-0.39, 0.29) is 11.3 Å². The maximum Gasteiger partial charge on any atom is 0.377 e. The van der Waals surface area contributed by atoms with E-state index in [9.17, 15) is 14.9 Å². The van der Waals surface area contributed by atoms with Crippen LogP contribution in [0.4, 0.5) is 5.69 Å². The minimum Gasteiger partial charge on any atom is -0.281 e. The highest BCUT2D eigenvalue weighted by molar-refractivity contribution is 6.33. The Morgan fingerprint density at radius 1 is 1.43 bits per heavy atom. The smallest absolute Gasteiger partial charge is 0.281 e. The maximum atomic E-state index is 11.1. The van der Waals surface area contributed by atoms with Gasteiger partial charge in [0.25, 0.3) is 11.5 Å². The largest absolute Gasteiger partial charge is 0.377 e. The van der Waals surface area contributed by atoms with Crippen LogP contribution in [0.25, 0.3) is 0 Å². The minimum absolute atomic E-state index is 0.0793. The normalized spacial score (nSPS) is 8.86. The highest BCUT2D eigenvalue weighted by Crippen LogP contribution is 2.11. The summed E-state index contributed by atoms with van der Waals surface area (Å²) in [6.45, 7) is 0. The summed E-state index contributed by atoms with van der Waals surface area (Å²) < 4.78 is 0. The molecule has 0 aliphatic rings. The number of Topliss-reactive ketones (excluding diaryl/α,β-unsaturated/α-hetero) is 1. The molecule has 0 atom stereocenters. The van der Waals surface area contributed by atoms with Crippen molar-refractivity contribution in [3.05, 3.63) is 39.9 Å². The number of rotatable bonds is 3. The lowest BCUT2D eigenvalue weighted by atomic mass is 10.1. The van der Waals surface area contributed by atoms with E-state index in [4.69, 9.17) is 5.53 Å². The summed E-state index contributed by atoms with van der Waals surface area (Å²) in [7, 11) is 0. The van der Waals surface area contributed by atoms with Gasteiger partial charge in [-0.25, -0.2) is 0 Å². The lowest BCUT2D eigenvalue weighted by Crippen LogP contribution is -2.00. The van der Waals surface area contributed by atoms with Crippen molar-refractivity contribution in [3.63, 3.8) is 0 Å². The van der Waals surface area contributed by atoms with Gasteiger partial charge in [-0.3, -0.25) is 14.9 Å². The number of nitrogens with zero attached hydrogens (tertiary/aromatic N) is 2. The van der Waals surface area contributed by atoms with Gasteiger partial charge in [-0.1, -0.05) is 0 Å². The standard InChI is InChI=1S/C8H6N3O3/c9-10-5-8(12)6-1-3-7(4-2-6)11(13)14/h1-5,9H/q+1. The first-order valence-corrected chi connectivity index (χ1v) is 3.63. The number of carbonyl (C=O) groups excluding carboxylic acids is 1.